The minimum absolute atomic E-state index is 0.186. The summed E-state index contributed by atoms with van der Waals surface area (Å²) in [7, 11) is 0. The zero-order valence-electron chi connectivity index (χ0n) is 11.5. The van der Waals surface area contributed by atoms with E-state index in [0.29, 0.717) is 0 Å². The molecule has 2 aromatic rings. The first-order chi connectivity index (χ1) is 10.5. The molecule has 0 bridgehead atoms. The number of ether oxygens (including phenoxy) is 1. The predicted molar refractivity (Wildman–Crippen MR) is 84.8 cm³/mol. The third-order valence-electron chi connectivity index (χ3n) is 2.82. The molecular formula is C17H13BrF2O2. The maximum Gasteiger partial charge on any atom is 0.338 e. The van der Waals surface area contributed by atoms with E-state index in [9.17, 15) is 13.6 Å². The predicted octanol–water partition coefficient (Wildman–Crippen LogP) is 4.80. The number of hydrogen-bond donors (Lipinski definition) is 0. The second-order valence-corrected chi connectivity index (χ2v) is 5.45. The lowest BCUT2D eigenvalue weighted by atomic mass is 10.2. The van der Waals surface area contributed by atoms with Crippen LogP contribution in [0.3, 0.4) is 0 Å². The van der Waals surface area contributed by atoms with E-state index >= 15 is 0 Å². The topological polar surface area (TPSA) is 26.3 Å². The van der Waals surface area contributed by atoms with Crippen molar-refractivity contribution in [2.75, 3.05) is 6.61 Å². The van der Waals surface area contributed by atoms with Crippen LogP contribution in [0.1, 0.15) is 15.9 Å². The molecular weight excluding hydrogens is 354 g/mol. The van der Waals surface area contributed by atoms with Crippen LogP contribution >= 0.6 is 15.9 Å². The molecule has 0 spiro atoms. The molecule has 0 unspecified atom stereocenters. The van der Waals surface area contributed by atoms with Crippen molar-refractivity contribution >= 4 is 28.0 Å². The Balaban J connectivity index is 1.84. The second kappa shape index (κ2) is 7.84. The number of carbonyl (C=O) groups is 1. The first-order valence-corrected chi connectivity index (χ1v) is 7.34. The fourth-order valence-electron chi connectivity index (χ4n) is 1.67. The van der Waals surface area contributed by atoms with Gasteiger partial charge in [0.15, 0.2) is 6.17 Å². The highest BCUT2D eigenvalue weighted by atomic mass is 79.9. The number of rotatable bonds is 5. The Morgan fingerprint density at radius 1 is 1.14 bits per heavy atom. The Morgan fingerprint density at radius 2 is 1.77 bits per heavy atom. The van der Waals surface area contributed by atoms with E-state index in [1.54, 1.807) is 6.08 Å². The Labute approximate surface area is 135 Å². The van der Waals surface area contributed by atoms with Gasteiger partial charge in [0.2, 0.25) is 0 Å². The zero-order valence-corrected chi connectivity index (χ0v) is 13.1. The smallest absolute Gasteiger partial charge is 0.338 e. The number of alkyl halides is 1. The van der Waals surface area contributed by atoms with Crippen molar-refractivity contribution in [3.05, 3.63) is 76.0 Å². The standard InChI is InChI=1S/C17H13BrF2O2/c18-14-6-1-12(2-7-14)3-8-16(20)11-22-17(21)13-4-9-15(19)10-5-13/h1-10,16H,11H2/b8-3+/t16-/m1/s1. The van der Waals surface area contributed by atoms with Crippen molar-refractivity contribution in [3.63, 3.8) is 0 Å². The molecule has 0 radical (unpaired) electrons. The van der Waals surface area contributed by atoms with Crippen LogP contribution in [0.4, 0.5) is 8.78 Å². The van der Waals surface area contributed by atoms with Gasteiger partial charge in [0.1, 0.15) is 12.4 Å². The van der Waals surface area contributed by atoms with Crippen molar-refractivity contribution in [1.82, 2.24) is 0 Å². The summed E-state index contributed by atoms with van der Waals surface area (Å²) in [6, 6.07) is 12.2. The van der Waals surface area contributed by atoms with E-state index in [1.165, 1.54) is 18.2 Å². The summed E-state index contributed by atoms with van der Waals surface area (Å²) < 4.78 is 32.2. The van der Waals surface area contributed by atoms with Gasteiger partial charge >= 0.3 is 5.97 Å². The molecule has 2 aromatic carbocycles. The van der Waals surface area contributed by atoms with Gasteiger partial charge in [0.25, 0.3) is 0 Å². The Morgan fingerprint density at radius 3 is 2.41 bits per heavy atom. The first-order valence-electron chi connectivity index (χ1n) is 6.55. The normalized spacial score (nSPS) is 12.3. The van der Waals surface area contributed by atoms with Gasteiger partial charge in [-0.05, 0) is 48.0 Å². The monoisotopic (exact) mass is 366 g/mol. The third kappa shape index (κ3) is 5.07. The molecule has 0 N–H and O–H groups in total. The van der Waals surface area contributed by atoms with Crippen LogP contribution in [0.5, 0.6) is 0 Å². The molecule has 22 heavy (non-hydrogen) atoms. The minimum atomic E-state index is -1.41. The molecule has 1 atom stereocenters. The number of halogens is 3. The van der Waals surface area contributed by atoms with Gasteiger partial charge in [0, 0.05) is 4.47 Å². The van der Waals surface area contributed by atoms with Crippen molar-refractivity contribution in [1.29, 1.82) is 0 Å². The molecule has 0 saturated carbocycles. The maximum absolute atomic E-state index is 13.7. The fraction of sp³-hybridized carbons (Fsp3) is 0.118. The summed E-state index contributed by atoms with van der Waals surface area (Å²) in [4.78, 5) is 11.6. The van der Waals surface area contributed by atoms with Crippen LogP contribution < -0.4 is 0 Å². The summed E-state index contributed by atoms with van der Waals surface area (Å²) in [5.74, 6) is -1.13. The molecule has 0 aliphatic heterocycles. The Bertz CT molecular complexity index is 651. The highest BCUT2D eigenvalue weighted by molar-refractivity contribution is 9.10. The lowest BCUT2D eigenvalue weighted by molar-refractivity contribution is 0.0438. The Hall–Kier alpha value is -2.01. The molecule has 5 heteroatoms. The van der Waals surface area contributed by atoms with E-state index in [2.05, 4.69) is 15.9 Å². The molecule has 114 valence electrons. The molecule has 0 heterocycles. The average Bonchev–Trinajstić information content (AvgIpc) is 2.52. The number of carbonyl (C=O) groups excluding carboxylic acids is 1. The molecule has 0 aliphatic rings. The zero-order chi connectivity index (χ0) is 15.9. The SMILES string of the molecule is O=C(OC[C@H](F)/C=C/c1ccc(Br)cc1)c1ccc(F)cc1. The lowest BCUT2D eigenvalue weighted by Crippen LogP contribution is -2.13. The van der Waals surface area contributed by atoms with Gasteiger partial charge in [0.05, 0.1) is 5.56 Å². The average molecular weight is 367 g/mol. The number of hydrogen-bond acceptors (Lipinski definition) is 2. The first kappa shape index (κ1) is 16.4. The minimum Gasteiger partial charge on any atom is -0.459 e. The summed E-state index contributed by atoms with van der Waals surface area (Å²) in [6.07, 6.45) is 1.53. The number of esters is 1. The number of benzene rings is 2. The van der Waals surface area contributed by atoms with Crippen LogP contribution in [0.2, 0.25) is 0 Å². The molecule has 0 fully saturated rings. The van der Waals surface area contributed by atoms with Crippen molar-refractivity contribution in [2.45, 2.75) is 6.17 Å². The third-order valence-corrected chi connectivity index (χ3v) is 3.35. The summed E-state index contributed by atoms with van der Waals surface area (Å²) in [5.41, 5.74) is 1.03. The van der Waals surface area contributed by atoms with E-state index in [4.69, 9.17) is 4.74 Å². The van der Waals surface area contributed by atoms with E-state index < -0.39 is 18.0 Å². The largest absolute Gasteiger partial charge is 0.459 e. The molecule has 2 rings (SSSR count). The van der Waals surface area contributed by atoms with Gasteiger partial charge in [-0.2, -0.15) is 0 Å². The molecule has 0 aromatic heterocycles. The molecule has 0 saturated heterocycles. The molecule has 2 nitrogen and oxygen atoms in total. The highest BCUT2D eigenvalue weighted by Crippen LogP contribution is 2.12. The van der Waals surface area contributed by atoms with Crippen molar-refractivity contribution in [2.24, 2.45) is 0 Å². The van der Waals surface area contributed by atoms with Crippen molar-refractivity contribution in [3.8, 4) is 0 Å². The van der Waals surface area contributed by atoms with Gasteiger partial charge in [-0.1, -0.05) is 34.1 Å². The summed E-state index contributed by atoms with van der Waals surface area (Å²) in [6.45, 7) is -0.386. The maximum atomic E-state index is 13.7. The van der Waals surface area contributed by atoms with Gasteiger partial charge in [-0.3, -0.25) is 0 Å². The van der Waals surface area contributed by atoms with Gasteiger partial charge < -0.3 is 4.74 Å². The summed E-state index contributed by atoms with van der Waals surface area (Å²) >= 11 is 3.31. The fourth-order valence-corrected chi connectivity index (χ4v) is 1.93. The van der Waals surface area contributed by atoms with E-state index in [1.807, 2.05) is 24.3 Å². The van der Waals surface area contributed by atoms with Crippen LogP contribution in [0, 0.1) is 5.82 Å². The van der Waals surface area contributed by atoms with E-state index in [0.717, 1.165) is 22.2 Å². The van der Waals surface area contributed by atoms with Crippen LogP contribution in [0.25, 0.3) is 6.08 Å². The molecule has 0 aliphatic carbocycles. The van der Waals surface area contributed by atoms with Crippen molar-refractivity contribution < 1.29 is 18.3 Å². The van der Waals surface area contributed by atoms with Crippen LogP contribution in [-0.4, -0.2) is 18.7 Å². The highest BCUT2D eigenvalue weighted by Gasteiger charge is 2.10. The Kier molecular flexibility index (Phi) is 5.83. The summed E-state index contributed by atoms with van der Waals surface area (Å²) in [5, 5.41) is 0. The second-order valence-electron chi connectivity index (χ2n) is 4.53. The van der Waals surface area contributed by atoms with E-state index in [-0.39, 0.29) is 12.2 Å². The molecule has 0 amide bonds. The van der Waals surface area contributed by atoms with Gasteiger partial charge in [-0.25, -0.2) is 13.6 Å². The van der Waals surface area contributed by atoms with Crippen LogP contribution in [-0.2, 0) is 4.74 Å². The van der Waals surface area contributed by atoms with Gasteiger partial charge in [-0.15, -0.1) is 0 Å². The quantitative estimate of drug-likeness (QED) is 0.710. The lowest BCUT2D eigenvalue weighted by Gasteiger charge is -2.06. The van der Waals surface area contributed by atoms with Crippen LogP contribution in [0.15, 0.2) is 59.1 Å².